The van der Waals surface area contributed by atoms with Gasteiger partial charge >= 0.3 is 0 Å². The molecule has 0 aliphatic carbocycles. The Morgan fingerprint density at radius 2 is 1.96 bits per heavy atom. The highest BCUT2D eigenvalue weighted by atomic mass is 16.5. The van der Waals surface area contributed by atoms with Gasteiger partial charge in [-0.3, -0.25) is 4.99 Å². The van der Waals surface area contributed by atoms with E-state index in [-0.39, 0.29) is 5.60 Å². The number of rotatable bonds is 8. The quantitative estimate of drug-likeness (QED) is 0.496. The average molecular weight is 357 g/mol. The Bertz CT molecular complexity index is 392. The van der Waals surface area contributed by atoms with Gasteiger partial charge in [0.15, 0.2) is 5.96 Å². The molecule has 0 bridgehead atoms. The summed E-state index contributed by atoms with van der Waals surface area (Å²) in [4.78, 5) is 7.29. The largest absolute Gasteiger partial charge is 0.383 e. The highest BCUT2D eigenvalue weighted by molar-refractivity contribution is 5.80. The first-order valence-corrected chi connectivity index (χ1v) is 9.60. The van der Waals surface area contributed by atoms with Crippen LogP contribution in [0.4, 0.5) is 0 Å². The van der Waals surface area contributed by atoms with E-state index in [9.17, 15) is 0 Å². The molecule has 0 amide bonds. The third-order valence-corrected chi connectivity index (χ3v) is 5.25. The van der Waals surface area contributed by atoms with Gasteiger partial charge in [-0.15, -0.1) is 0 Å². The zero-order chi connectivity index (χ0) is 18.0. The van der Waals surface area contributed by atoms with Gasteiger partial charge in [-0.25, -0.2) is 0 Å². The van der Waals surface area contributed by atoms with E-state index in [1.54, 1.807) is 14.2 Å². The van der Waals surface area contributed by atoms with Crippen LogP contribution in [-0.4, -0.2) is 89.3 Å². The van der Waals surface area contributed by atoms with E-state index in [2.05, 4.69) is 22.5 Å². The molecule has 0 spiro atoms. The SMILES string of the molecule is CCNC(=NCC1(OC)CCOCC1)NC1CCN(CCOC)CC1. The van der Waals surface area contributed by atoms with Crippen molar-refractivity contribution in [2.24, 2.45) is 4.99 Å². The van der Waals surface area contributed by atoms with Crippen molar-refractivity contribution in [2.45, 2.75) is 44.2 Å². The van der Waals surface area contributed by atoms with E-state index >= 15 is 0 Å². The summed E-state index contributed by atoms with van der Waals surface area (Å²) in [5.41, 5.74) is -0.176. The second-order valence-electron chi connectivity index (χ2n) is 6.95. The smallest absolute Gasteiger partial charge is 0.191 e. The van der Waals surface area contributed by atoms with Gasteiger partial charge in [-0.2, -0.15) is 0 Å². The number of ether oxygens (including phenoxy) is 3. The van der Waals surface area contributed by atoms with Gasteiger partial charge < -0.3 is 29.7 Å². The molecule has 0 aromatic heterocycles. The molecule has 0 aromatic rings. The maximum absolute atomic E-state index is 5.79. The van der Waals surface area contributed by atoms with Crippen LogP contribution in [0.2, 0.25) is 0 Å². The van der Waals surface area contributed by atoms with Gasteiger partial charge in [0, 0.05) is 72.5 Å². The maximum atomic E-state index is 5.79. The predicted octanol–water partition coefficient (Wildman–Crippen LogP) is 0.848. The maximum Gasteiger partial charge on any atom is 0.191 e. The zero-order valence-electron chi connectivity index (χ0n) is 16.2. The highest BCUT2D eigenvalue weighted by Crippen LogP contribution is 2.24. The van der Waals surface area contributed by atoms with E-state index in [0.717, 1.165) is 77.6 Å². The molecule has 0 saturated carbocycles. The molecule has 0 aromatic carbocycles. The molecule has 7 nitrogen and oxygen atoms in total. The third-order valence-electron chi connectivity index (χ3n) is 5.25. The second-order valence-corrected chi connectivity index (χ2v) is 6.95. The summed E-state index contributed by atoms with van der Waals surface area (Å²) < 4.78 is 16.4. The monoisotopic (exact) mass is 356 g/mol. The van der Waals surface area contributed by atoms with E-state index in [4.69, 9.17) is 19.2 Å². The Labute approximate surface area is 152 Å². The highest BCUT2D eigenvalue weighted by Gasteiger charge is 2.32. The molecular formula is C18H36N4O3. The number of likely N-dealkylation sites (tertiary alicyclic amines) is 1. The molecule has 7 heteroatoms. The first kappa shape index (κ1) is 20.4. The Balaban J connectivity index is 1.83. The number of methoxy groups -OCH3 is 2. The molecule has 0 radical (unpaired) electrons. The number of nitrogens with one attached hydrogen (secondary N) is 2. The lowest BCUT2D eigenvalue weighted by atomic mass is 9.94. The fourth-order valence-corrected chi connectivity index (χ4v) is 3.43. The van der Waals surface area contributed by atoms with Gasteiger partial charge in [0.1, 0.15) is 0 Å². The van der Waals surface area contributed by atoms with E-state index in [1.807, 2.05) is 0 Å². The summed E-state index contributed by atoms with van der Waals surface area (Å²) in [7, 11) is 3.55. The van der Waals surface area contributed by atoms with Crippen molar-refractivity contribution in [3.63, 3.8) is 0 Å². The lowest BCUT2D eigenvalue weighted by Crippen LogP contribution is -2.50. The van der Waals surface area contributed by atoms with Crippen molar-refractivity contribution >= 4 is 5.96 Å². The zero-order valence-corrected chi connectivity index (χ0v) is 16.2. The number of guanidine groups is 1. The molecule has 2 aliphatic rings. The summed E-state index contributed by atoms with van der Waals surface area (Å²) in [6.07, 6.45) is 4.09. The number of hydrogen-bond donors (Lipinski definition) is 2. The molecule has 0 atom stereocenters. The van der Waals surface area contributed by atoms with Crippen LogP contribution < -0.4 is 10.6 Å². The normalized spacial score (nSPS) is 22.8. The molecule has 2 N–H and O–H groups in total. The first-order valence-electron chi connectivity index (χ1n) is 9.60. The number of piperidine rings is 1. The van der Waals surface area contributed by atoms with Crippen molar-refractivity contribution in [3.05, 3.63) is 0 Å². The van der Waals surface area contributed by atoms with Gasteiger partial charge in [0.2, 0.25) is 0 Å². The summed E-state index contributed by atoms with van der Waals surface area (Å²) in [5, 5.41) is 6.98. The minimum atomic E-state index is -0.176. The number of aliphatic imine (C=N–C) groups is 1. The van der Waals surface area contributed by atoms with Crippen LogP contribution in [0.15, 0.2) is 4.99 Å². The molecule has 2 fully saturated rings. The Morgan fingerprint density at radius 3 is 2.56 bits per heavy atom. The summed E-state index contributed by atoms with van der Waals surface area (Å²) >= 11 is 0. The summed E-state index contributed by atoms with van der Waals surface area (Å²) in [6, 6.07) is 0.477. The fraction of sp³-hybridized carbons (Fsp3) is 0.944. The molecule has 25 heavy (non-hydrogen) atoms. The van der Waals surface area contributed by atoms with Gasteiger partial charge in [-0.1, -0.05) is 0 Å². The average Bonchev–Trinajstić information content (AvgIpc) is 2.66. The van der Waals surface area contributed by atoms with E-state index < -0.39 is 0 Å². The minimum absolute atomic E-state index is 0.176. The van der Waals surface area contributed by atoms with Crippen molar-refractivity contribution in [3.8, 4) is 0 Å². The molecule has 2 saturated heterocycles. The summed E-state index contributed by atoms with van der Waals surface area (Å²) in [6.45, 7) is 9.21. The van der Waals surface area contributed by atoms with Crippen molar-refractivity contribution in [2.75, 3.05) is 66.8 Å². The number of hydrogen-bond acceptors (Lipinski definition) is 5. The van der Waals surface area contributed by atoms with Crippen molar-refractivity contribution in [1.29, 1.82) is 0 Å². The third kappa shape index (κ3) is 6.73. The van der Waals surface area contributed by atoms with Crippen LogP contribution in [0.25, 0.3) is 0 Å². The molecular weight excluding hydrogens is 320 g/mol. The number of nitrogens with zero attached hydrogens (tertiary/aromatic N) is 2. The Kier molecular flexibility index (Phi) is 8.95. The van der Waals surface area contributed by atoms with Gasteiger partial charge in [0.05, 0.1) is 18.8 Å². The first-order chi connectivity index (χ1) is 12.2. The van der Waals surface area contributed by atoms with Crippen LogP contribution in [0.1, 0.15) is 32.6 Å². The molecule has 2 aliphatic heterocycles. The standard InChI is InChI=1S/C18H36N4O3/c1-4-19-17(20-15-18(24-3)7-12-25-13-8-18)21-16-5-9-22(10-6-16)11-14-23-2/h16H,4-15H2,1-3H3,(H2,19,20,21). The van der Waals surface area contributed by atoms with Crippen molar-refractivity contribution in [1.82, 2.24) is 15.5 Å². The molecule has 0 unspecified atom stereocenters. The van der Waals surface area contributed by atoms with Crippen LogP contribution in [0, 0.1) is 0 Å². The van der Waals surface area contributed by atoms with Crippen LogP contribution in [-0.2, 0) is 14.2 Å². The molecule has 146 valence electrons. The van der Waals surface area contributed by atoms with Crippen LogP contribution in [0.3, 0.4) is 0 Å². The van der Waals surface area contributed by atoms with Crippen LogP contribution >= 0.6 is 0 Å². The molecule has 2 heterocycles. The van der Waals surface area contributed by atoms with E-state index in [0.29, 0.717) is 12.6 Å². The topological polar surface area (TPSA) is 67.4 Å². The fourth-order valence-electron chi connectivity index (χ4n) is 3.43. The van der Waals surface area contributed by atoms with Gasteiger partial charge in [0.25, 0.3) is 0 Å². The minimum Gasteiger partial charge on any atom is -0.383 e. The predicted molar refractivity (Wildman–Crippen MR) is 100 cm³/mol. The second kappa shape index (κ2) is 11.0. The van der Waals surface area contributed by atoms with Crippen molar-refractivity contribution < 1.29 is 14.2 Å². The lowest BCUT2D eigenvalue weighted by molar-refractivity contribution is -0.0828. The van der Waals surface area contributed by atoms with E-state index in [1.165, 1.54) is 0 Å². The molecule has 2 rings (SSSR count). The Hall–Kier alpha value is -0.890. The van der Waals surface area contributed by atoms with Gasteiger partial charge in [-0.05, 0) is 19.8 Å². The lowest BCUT2D eigenvalue weighted by Gasteiger charge is -2.35. The van der Waals surface area contributed by atoms with Crippen LogP contribution in [0.5, 0.6) is 0 Å². The Morgan fingerprint density at radius 1 is 1.24 bits per heavy atom. The summed E-state index contributed by atoms with van der Waals surface area (Å²) in [5.74, 6) is 0.903.